The molecule has 1 saturated heterocycles. The number of hydrogen-bond acceptors (Lipinski definition) is 5. The number of methoxy groups -OCH3 is 1. The molecule has 0 radical (unpaired) electrons. The lowest BCUT2D eigenvalue weighted by atomic mass is 10.0. The Kier molecular flexibility index (Phi) is 5.51. The monoisotopic (exact) mass is 282 g/mol. The van der Waals surface area contributed by atoms with Gasteiger partial charge in [-0.3, -0.25) is 0 Å². The molecule has 2 rings (SSSR count). The molecule has 0 amide bonds. The molecule has 0 aliphatic carbocycles. The Labute approximate surface area is 118 Å². The van der Waals surface area contributed by atoms with Crippen LogP contribution in [0.15, 0.2) is 29.2 Å². The summed E-state index contributed by atoms with van der Waals surface area (Å²) in [5, 5.41) is 16.6. The number of hydrogen-bond donors (Lipinski definition) is 3. The largest absolute Gasteiger partial charge is 0.497 e. The van der Waals surface area contributed by atoms with Gasteiger partial charge in [-0.25, -0.2) is 0 Å². The van der Waals surface area contributed by atoms with Crippen LogP contribution in [-0.2, 0) is 0 Å². The third-order valence-electron chi connectivity index (χ3n) is 3.28. The number of rotatable bonds is 7. The van der Waals surface area contributed by atoms with Crippen molar-refractivity contribution in [2.75, 3.05) is 39.0 Å². The molecule has 3 N–H and O–H groups in total. The smallest absolute Gasteiger partial charge is 0.118 e. The molecule has 0 aromatic heterocycles. The van der Waals surface area contributed by atoms with Gasteiger partial charge >= 0.3 is 0 Å². The van der Waals surface area contributed by atoms with E-state index in [-0.39, 0.29) is 0 Å². The molecule has 1 heterocycles. The molecule has 0 unspecified atom stereocenters. The highest BCUT2D eigenvalue weighted by atomic mass is 32.2. The van der Waals surface area contributed by atoms with E-state index in [1.165, 1.54) is 4.90 Å². The zero-order valence-corrected chi connectivity index (χ0v) is 12.1. The molecule has 1 aromatic rings. The van der Waals surface area contributed by atoms with Gasteiger partial charge < -0.3 is 20.5 Å². The van der Waals surface area contributed by atoms with E-state index in [1.807, 2.05) is 12.1 Å². The SMILES string of the molecule is COc1ccc(SCCNC[C@@]2(O)CCNC2)cc1. The van der Waals surface area contributed by atoms with Crippen LogP contribution in [0.3, 0.4) is 0 Å². The van der Waals surface area contributed by atoms with E-state index in [4.69, 9.17) is 4.74 Å². The Bertz CT molecular complexity index is 378. The Hall–Kier alpha value is -0.750. The van der Waals surface area contributed by atoms with E-state index in [1.54, 1.807) is 18.9 Å². The van der Waals surface area contributed by atoms with Crippen molar-refractivity contribution in [3.63, 3.8) is 0 Å². The van der Waals surface area contributed by atoms with Gasteiger partial charge in [0.15, 0.2) is 0 Å². The van der Waals surface area contributed by atoms with Gasteiger partial charge in [0.25, 0.3) is 0 Å². The summed E-state index contributed by atoms with van der Waals surface area (Å²) in [7, 11) is 1.68. The van der Waals surface area contributed by atoms with E-state index in [2.05, 4.69) is 22.8 Å². The maximum Gasteiger partial charge on any atom is 0.118 e. The summed E-state index contributed by atoms with van der Waals surface area (Å²) < 4.78 is 5.12. The number of aliphatic hydroxyl groups is 1. The van der Waals surface area contributed by atoms with Crippen molar-refractivity contribution in [1.82, 2.24) is 10.6 Å². The van der Waals surface area contributed by atoms with Gasteiger partial charge in [0, 0.05) is 30.3 Å². The van der Waals surface area contributed by atoms with Crippen LogP contribution in [0, 0.1) is 0 Å². The minimum absolute atomic E-state index is 0.551. The van der Waals surface area contributed by atoms with Crippen molar-refractivity contribution in [2.45, 2.75) is 16.9 Å². The Morgan fingerprint density at radius 1 is 1.42 bits per heavy atom. The van der Waals surface area contributed by atoms with Crippen molar-refractivity contribution < 1.29 is 9.84 Å². The van der Waals surface area contributed by atoms with Crippen molar-refractivity contribution >= 4 is 11.8 Å². The highest BCUT2D eigenvalue weighted by Crippen LogP contribution is 2.20. The molecular weight excluding hydrogens is 260 g/mol. The fourth-order valence-electron chi connectivity index (χ4n) is 2.12. The summed E-state index contributed by atoms with van der Waals surface area (Å²) in [4.78, 5) is 1.24. The fourth-order valence-corrected chi connectivity index (χ4v) is 2.93. The molecule has 5 heteroatoms. The first kappa shape index (κ1) is 14.7. The van der Waals surface area contributed by atoms with E-state index in [0.29, 0.717) is 13.1 Å². The van der Waals surface area contributed by atoms with Crippen molar-refractivity contribution in [3.05, 3.63) is 24.3 Å². The average Bonchev–Trinajstić information content (AvgIpc) is 2.86. The van der Waals surface area contributed by atoms with Gasteiger partial charge in [-0.15, -0.1) is 11.8 Å². The summed E-state index contributed by atoms with van der Waals surface area (Å²) in [6, 6.07) is 8.08. The molecule has 0 saturated carbocycles. The van der Waals surface area contributed by atoms with Gasteiger partial charge in [-0.2, -0.15) is 0 Å². The van der Waals surface area contributed by atoms with Crippen molar-refractivity contribution in [1.29, 1.82) is 0 Å². The molecule has 1 aliphatic heterocycles. The summed E-state index contributed by atoms with van der Waals surface area (Å²) in [5.41, 5.74) is -0.551. The number of nitrogens with one attached hydrogen (secondary N) is 2. The van der Waals surface area contributed by atoms with E-state index < -0.39 is 5.60 Å². The highest BCUT2D eigenvalue weighted by Gasteiger charge is 2.29. The quantitative estimate of drug-likeness (QED) is 0.516. The lowest BCUT2D eigenvalue weighted by molar-refractivity contribution is 0.0619. The minimum atomic E-state index is -0.551. The molecule has 0 spiro atoms. The van der Waals surface area contributed by atoms with Crippen LogP contribution in [0.25, 0.3) is 0 Å². The Morgan fingerprint density at radius 2 is 2.21 bits per heavy atom. The Balaban J connectivity index is 1.61. The molecule has 1 fully saturated rings. The third kappa shape index (κ3) is 4.69. The molecule has 4 nitrogen and oxygen atoms in total. The van der Waals surface area contributed by atoms with Crippen LogP contribution >= 0.6 is 11.8 Å². The first-order valence-electron chi connectivity index (χ1n) is 6.63. The van der Waals surface area contributed by atoms with Crippen LogP contribution in [-0.4, -0.2) is 49.7 Å². The standard InChI is InChI=1S/C14H22N2O2S/c1-18-12-2-4-13(5-3-12)19-9-8-16-11-14(17)6-7-15-10-14/h2-5,15-17H,6-11H2,1H3/t14-/m1/s1. The number of benzene rings is 1. The van der Waals surface area contributed by atoms with Gasteiger partial charge in [0.1, 0.15) is 5.75 Å². The van der Waals surface area contributed by atoms with Gasteiger partial charge in [0.05, 0.1) is 12.7 Å². The lowest BCUT2D eigenvalue weighted by Crippen LogP contribution is -2.42. The third-order valence-corrected chi connectivity index (χ3v) is 4.30. The van der Waals surface area contributed by atoms with Crippen molar-refractivity contribution in [3.8, 4) is 5.75 Å². The van der Waals surface area contributed by atoms with Crippen LogP contribution in [0.5, 0.6) is 5.75 Å². The van der Waals surface area contributed by atoms with Crippen LogP contribution in [0.2, 0.25) is 0 Å². The first-order chi connectivity index (χ1) is 9.22. The zero-order valence-electron chi connectivity index (χ0n) is 11.3. The summed E-state index contributed by atoms with van der Waals surface area (Å²) in [6.45, 7) is 3.19. The molecule has 1 aliphatic rings. The minimum Gasteiger partial charge on any atom is -0.497 e. The van der Waals surface area contributed by atoms with Gasteiger partial charge in [-0.1, -0.05) is 0 Å². The second kappa shape index (κ2) is 7.14. The van der Waals surface area contributed by atoms with Gasteiger partial charge in [0.2, 0.25) is 0 Å². The molecule has 106 valence electrons. The normalized spacial score (nSPS) is 22.6. The van der Waals surface area contributed by atoms with E-state index in [9.17, 15) is 5.11 Å². The fraction of sp³-hybridized carbons (Fsp3) is 0.571. The summed E-state index contributed by atoms with van der Waals surface area (Å²) in [5.74, 6) is 1.88. The van der Waals surface area contributed by atoms with Crippen LogP contribution in [0.1, 0.15) is 6.42 Å². The number of thioether (sulfide) groups is 1. The summed E-state index contributed by atoms with van der Waals surface area (Å²) in [6.07, 6.45) is 0.839. The lowest BCUT2D eigenvalue weighted by Gasteiger charge is -2.21. The molecule has 1 aromatic carbocycles. The second-order valence-electron chi connectivity index (χ2n) is 4.85. The van der Waals surface area contributed by atoms with Crippen molar-refractivity contribution in [2.24, 2.45) is 0 Å². The highest BCUT2D eigenvalue weighted by molar-refractivity contribution is 7.99. The first-order valence-corrected chi connectivity index (χ1v) is 7.61. The Morgan fingerprint density at radius 3 is 2.84 bits per heavy atom. The molecule has 1 atom stereocenters. The zero-order chi connectivity index (χ0) is 13.6. The second-order valence-corrected chi connectivity index (χ2v) is 6.02. The average molecular weight is 282 g/mol. The topological polar surface area (TPSA) is 53.5 Å². The number of ether oxygens (including phenoxy) is 1. The molecule has 19 heavy (non-hydrogen) atoms. The van der Waals surface area contributed by atoms with Crippen LogP contribution in [0.4, 0.5) is 0 Å². The summed E-state index contributed by atoms with van der Waals surface area (Å²) >= 11 is 1.81. The predicted octanol–water partition coefficient (Wildman–Crippen LogP) is 1.10. The molecular formula is C14H22N2O2S. The maximum absolute atomic E-state index is 10.1. The van der Waals surface area contributed by atoms with E-state index >= 15 is 0 Å². The maximum atomic E-state index is 10.1. The number of β-amino-alcohol motifs (C(OH)–C–C–N with tert-alkyl or cyclic N) is 1. The van der Waals surface area contributed by atoms with Gasteiger partial charge in [-0.05, 0) is 37.2 Å². The molecule has 0 bridgehead atoms. The van der Waals surface area contributed by atoms with E-state index in [0.717, 1.165) is 31.0 Å². The van der Waals surface area contributed by atoms with Crippen LogP contribution < -0.4 is 15.4 Å². The predicted molar refractivity (Wildman–Crippen MR) is 79.0 cm³/mol.